The van der Waals surface area contributed by atoms with Gasteiger partial charge in [0.25, 0.3) is 26.0 Å². The molecule has 4 rings (SSSR count). The van der Waals surface area contributed by atoms with Gasteiger partial charge in [0.1, 0.15) is 4.90 Å². The lowest BCUT2D eigenvalue weighted by Gasteiger charge is -2.12. The normalized spacial score (nSPS) is 11.6. The Morgan fingerprint density at radius 2 is 1.31 bits per heavy atom. The molecule has 0 fully saturated rings. The van der Waals surface area contributed by atoms with Crippen molar-refractivity contribution in [3.05, 3.63) is 112 Å². The van der Waals surface area contributed by atoms with Gasteiger partial charge in [-0.05, 0) is 104 Å². The Bertz CT molecular complexity index is 1770. The number of carbonyl (C=O) groups excluding carboxylic acids is 1. The quantitative estimate of drug-likeness (QED) is 0.231. The van der Waals surface area contributed by atoms with E-state index in [4.69, 9.17) is 11.6 Å². The zero-order valence-corrected chi connectivity index (χ0v) is 23.7. The Balaban J connectivity index is 1.49. The molecule has 202 valence electrons. The van der Waals surface area contributed by atoms with Crippen LogP contribution in [0.2, 0.25) is 5.02 Å². The van der Waals surface area contributed by atoms with Crippen LogP contribution >= 0.6 is 11.6 Å². The lowest BCUT2D eigenvalue weighted by Crippen LogP contribution is -2.17. The van der Waals surface area contributed by atoms with Crippen LogP contribution < -0.4 is 14.8 Å². The van der Waals surface area contributed by atoms with Gasteiger partial charge in [-0.1, -0.05) is 29.8 Å². The highest BCUT2D eigenvalue weighted by Gasteiger charge is 2.21. The average Bonchev–Trinajstić information content (AvgIpc) is 2.86. The molecule has 3 N–H and O–H groups in total. The first-order valence-corrected chi connectivity index (χ1v) is 15.1. The van der Waals surface area contributed by atoms with Gasteiger partial charge in [0, 0.05) is 22.6 Å². The second kappa shape index (κ2) is 11.1. The van der Waals surface area contributed by atoms with Gasteiger partial charge in [0.2, 0.25) is 0 Å². The monoisotopic (exact) mass is 583 g/mol. The summed E-state index contributed by atoms with van der Waals surface area (Å²) >= 11 is 6.16. The van der Waals surface area contributed by atoms with Gasteiger partial charge >= 0.3 is 0 Å². The second-order valence-corrected chi connectivity index (χ2v) is 12.7. The summed E-state index contributed by atoms with van der Waals surface area (Å²) < 4.78 is 56.5. The summed E-state index contributed by atoms with van der Waals surface area (Å²) in [5.41, 5.74) is 4.06. The van der Waals surface area contributed by atoms with Crippen LogP contribution in [0.1, 0.15) is 27.0 Å². The van der Waals surface area contributed by atoms with Gasteiger partial charge in [-0.2, -0.15) is 0 Å². The first-order valence-electron chi connectivity index (χ1n) is 11.7. The van der Waals surface area contributed by atoms with Crippen molar-refractivity contribution in [3.8, 4) is 0 Å². The van der Waals surface area contributed by atoms with E-state index in [1.54, 1.807) is 30.3 Å². The number of rotatable bonds is 8. The number of benzene rings is 4. The summed E-state index contributed by atoms with van der Waals surface area (Å²) in [4.78, 5) is 12.7. The fraction of sp³-hybridized carbons (Fsp3) is 0.107. The zero-order valence-electron chi connectivity index (χ0n) is 21.3. The van der Waals surface area contributed by atoms with Crippen LogP contribution in [0.25, 0.3) is 0 Å². The van der Waals surface area contributed by atoms with Gasteiger partial charge < -0.3 is 5.32 Å². The number of sulfonamides is 2. The summed E-state index contributed by atoms with van der Waals surface area (Å²) in [6.07, 6.45) is 0. The molecule has 0 bridgehead atoms. The van der Waals surface area contributed by atoms with Crippen LogP contribution in [0.4, 0.5) is 17.1 Å². The minimum Gasteiger partial charge on any atom is -0.322 e. The molecule has 4 aromatic carbocycles. The molecule has 0 spiro atoms. The average molecular weight is 584 g/mol. The van der Waals surface area contributed by atoms with Gasteiger partial charge in [-0.3, -0.25) is 14.2 Å². The molecule has 0 saturated carbocycles. The Morgan fingerprint density at radius 1 is 0.667 bits per heavy atom. The first-order chi connectivity index (χ1) is 18.3. The summed E-state index contributed by atoms with van der Waals surface area (Å²) in [7, 11) is -7.93. The number of carbonyl (C=O) groups is 1. The third-order valence-electron chi connectivity index (χ3n) is 5.93. The minimum atomic E-state index is -4.08. The Kier molecular flexibility index (Phi) is 8.01. The molecule has 0 heterocycles. The van der Waals surface area contributed by atoms with E-state index in [2.05, 4.69) is 14.8 Å². The number of aryl methyl sites for hydroxylation is 3. The van der Waals surface area contributed by atoms with Crippen molar-refractivity contribution in [1.82, 2.24) is 0 Å². The maximum atomic E-state index is 13.0. The van der Waals surface area contributed by atoms with Crippen LogP contribution in [-0.4, -0.2) is 22.7 Å². The smallest absolute Gasteiger partial charge is 0.263 e. The third kappa shape index (κ3) is 6.78. The fourth-order valence-electron chi connectivity index (χ4n) is 3.71. The lowest BCUT2D eigenvalue weighted by molar-refractivity contribution is 0.102. The van der Waals surface area contributed by atoms with E-state index in [0.717, 1.165) is 16.7 Å². The summed E-state index contributed by atoms with van der Waals surface area (Å²) in [6.45, 7) is 5.66. The highest BCUT2D eigenvalue weighted by atomic mass is 35.5. The molecule has 0 radical (unpaired) electrons. The molecule has 4 aromatic rings. The van der Waals surface area contributed by atoms with E-state index in [9.17, 15) is 21.6 Å². The molecule has 1 amide bonds. The van der Waals surface area contributed by atoms with E-state index < -0.39 is 26.0 Å². The maximum absolute atomic E-state index is 13.0. The van der Waals surface area contributed by atoms with Crippen molar-refractivity contribution in [2.24, 2.45) is 0 Å². The number of hydrogen-bond acceptors (Lipinski definition) is 5. The first kappa shape index (κ1) is 28.2. The van der Waals surface area contributed by atoms with Gasteiger partial charge in [-0.15, -0.1) is 0 Å². The highest BCUT2D eigenvalue weighted by molar-refractivity contribution is 7.93. The molecule has 0 saturated heterocycles. The topological polar surface area (TPSA) is 121 Å². The maximum Gasteiger partial charge on any atom is 0.263 e. The molecular weight excluding hydrogens is 558 g/mol. The molecule has 39 heavy (non-hydrogen) atoms. The van der Waals surface area contributed by atoms with Crippen LogP contribution in [0, 0.1) is 20.8 Å². The Labute approximate surface area is 233 Å². The molecule has 0 atom stereocenters. The van der Waals surface area contributed by atoms with E-state index in [1.807, 2.05) is 32.9 Å². The standard InChI is InChI=1S/C28H26ClN3O5S2/c1-18-5-4-6-23(15-18)32-39(36,37)27-17-21(8-14-26(27)29)28(33)30-22-10-12-25(13-11-22)38(34,35)31-24-9-7-19(2)20(3)16-24/h4-17,31-32H,1-3H3,(H,30,33). The largest absolute Gasteiger partial charge is 0.322 e. The summed E-state index contributed by atoms with van der Waals surface area (Å²) in [5.74, 6) is -0.595. The summed E-state index contributed by atoms with van der Waals surface area (Å²) in [5, 5.41) is 2.60. The minimum absolute atomic E-state index is 0.0147. The molecule has 8 nitrogen and oxygen atoms in total. The van der Waals surface area contributed by atoms with Gasteiger partial charge in [0.15, 0.2) is 0 Å². The third-order valence-corrected chi connectivity index (χ3v) is 9.19. The van der Waals surface area contributed by atoms with Crippen LogP contribution in [-0.2, 0) is 20.0 Å². The molecule has 0 aliphatic rings. The molecule has 0 aromatic heterocycles. The van der Waals surface area contributed by atoms with Crippen LogP contribution in [0.15, 0.2) is 94.7 Å². The molecule has 0 aliphatic heterocycles. The van der Waals surface area contributed by atoms with Crippen molar-refractivity contribution >= 4 is 54.6 Å². The predicted octanol–water partition coefficient (Wildman–Crippen LogP) is 6.12. The van der Waals surface area contributed by atoms with Gasteiger partial charge in [-0.25, -0.2) is 16.8 Å². The number of anilines is 3. The second-order valence-electron chi connectivity index (χ2n) is 9.00. The number of nitrogens with one attached hydrogen (secondary N) is 3. The van der Waals surface area contributed by atoms with Crippen LogP contribution in [0.5, 0.6) is 0 Å². The van der Waals surface area contributed by atoms with Crippen molar-refractivity contribution < 1.29 is 21.6 Å². The van der Waals surface area contributed by atoms with E-state index >= 15 is 0 Å². The lowest BCUT2D eigenvalue weighted by atomic mass is 10.1. The van der Waals surface area contributed by atoms with Crippen molar-refractivity contribution in [2.75, 3.05) is 14.8 Å². The van der Waals surface area contributed by atoms with Crippen molar-refractivity contribution in [3.63, 3.8) is 0 Å². The SMILES string of the molecule is Cc1cccc(NS(=O)(=O)c2cc(C(=O)Nc3ccc(S(=O)(=O)Nc4ccc(C)c(C)c4)cc3)ccc2Cl)c1. The van der Waals surface area contributed by atoms with Crippen molar-refractivity contribution in [1.29, 1.82) is 0 Å². The molecule has 0 aliphatic carbocycles. The fourth-order valence-corrected chi connectivity index (χ4v) is 6.33. The number of amides is 1. The van der Waals surface area contributed by atoms with Gasteiger partial charge in [0.05, 0.1) is 9.92 Å². The van der Waals surface area contributed by atoms with E-state index in [0.29, 0.717) is 17.1 Å². The Hall–Kier alpha value is -3.86. The Morgan fingerprint density at radius 3 is 1.97 bits per heavy atom. The van der Waals surface area contributed by atoms with Crippen LogP contribution in [0.3, 0.4) is 0 Å². The molecule has 0 unspecified atom stereocenters. The highest BCUT2D eigenvalue weighted by Crippen LogP contribution is 2.26. The van der Waals surface area contributed by atoms with Crippen molar-refractivity contribution in [2.45, 2.75) is 30.6 Å². The summed E-state index contributed by atoms with van der Waals surface area (Å²) in [6, 6.07) is 21.6. The zero-order chi connectivity index (χ0) is 28.4. The molecule has 11 heteroatoms. The van der Waals surface area contributed by atoms with E-state index in [1.165, 1.54) is 42.5 Å². The number of halogens is 1. The molecular formula is C28H26ClN3O5S2. The number of hydrogen-bond donors (Lipinski definition) is 3. The predicted molar refractivity (Wildman–Crippen MR) is 155 cm³/mol. The van der Waals surface area contributed by atoms with E-state index in [-0.39, 0.29) is 20.4 Å².